The zero-order valence-corrected chi connectivity index (χ0v) is 16.1. The van der Waals surface area contributed by atoms with Gasteiger partial charge in [-0.25, -0.2) is 4.98 Å². The molecule has 3 rings (SSSR count). The van der Waals surface area contributed by atoms with Crippen molar-refractivity contribution < 1.29 is 0 Å². The Morgan fingerprint density at radius 2 is 2.08 bits per heavy atom. The number of thiazole rings is 1. The molecule has 134 valence electrons. The number of aromatic nitrogens is 4. The number of hydrogen-bond donors (Lipinski definition) is 2. The molecule has 0 saturated carbocycles. The topological polar surface area (TPSA) is 89.6 Å². The first kappa shape index (κ1) is 18.3. The molecule has 3 N–H and O–H groups in total. The zero-order valence-electron chi connectivity index (χ0n) is 14.5. The summed E-state index contributed by atoms with van der Waals surface area (Å²) in [7, 11) is 0. The van der Waals surface area contributed by atoms with Crippen LogP contribution in [-0.4, -0.2) is 20.2 Å². The van der Waals surface area contributed by atoms with Crippen LogP contribution in [0.3, 0.4) is 0 Å². The molecule has 0 amide bonds. The summed E-state index contributed by atoms with van der Waals surface area (Å²) in [6.45, 7) is 7.69. The third-order valence-electron chi connectivity index (χ3n) is 3.63. The number of pyridine rings is 1. The fourth-order valence-electron chi connectivity index (χ4n) is 2.47. The normalized spacial score (nSPS) is 11.3. The van der Waals surface area contributed by atoms with E-state index in [9.17, 15) is 0 Å². The van der Waals surface area contributed by atoms with Crippen LogP contribution in [0.2, 0.25) is 5.02 Å². The maximum absolute atomic E-state index is 6.26. The predicted molar refractivity (Wildman–Crippen MR) is 106 cm³/mol. The lowest BCUT2D eigenvalue weighted by molar-refractivity contribution is 0.583. The first-order valence-electron chi connectivity index (χ1n) is 7.96. The van der Waals surface area contributed by atoms with Crippen LogP contribution in [0.1, 0.15) is 24.4 Å². The van der Waals surface area contributed by atoms with Crippen LogP contribution in [0, 0.1) is 0 Å². The quantitative estimate of drug-likeness (QED) is 0.665. The summed E-state index contributed by atoms with van der Waals surface area (Å²) in [5.74, 6) is 0.632. The minimum absolute atomic E-state index is 0.496. The van der Waals surface area contributed by atoms with Crippen molar-refractivity contribution in [2.45, 2.75) is 25.8 Å². The van der Waals surface area contributed by atoms with Gasteiger partial charge in [0.2, 0.25) is 0 Å². The van der Waals surface area contributed by atoms with Crippen LogP contribution < -0.4 is 11.1 Å². The van der Waals surface area contributed by atoms with Gasteiger partial charge in [-0.15, -0.1) is 21.5 Å². The highest BCUT2D eigenvalue weighted by molar-refractivity contribution is 7.15. The lowest BCUT2D eigenvalue weighted by atomic mass is 10.00. The molecule has 26 heavy (non-hydrogen) atoms. The van der Waals surface area contributed by atoms with Gasteiger partial charge in [-0.1, -0.05) is 18.2 Å². The van der Waals surface area contributed by atoms with E-state index in [0.29, 0.717) is 28.7 Å². The molecule has 3 heterocycles. The lowest BCUT2D eigenvalue weighted by Gasteiger charge is -2.26. The Kier molecular flexibility index (Phi) is 5.20. The first-order valence-corrected chi connectivity index (χ1v) is 9.16. The number of halogens is 1. The second-order valence-electron chi connectivity index (χ2n) is 6.35. The van der Waals surface area contributed by atoms with Crippen LogP contribution in [0.15, 0.2) is 48.9 Å². The monoisotopic (exact) mass is 386 g/mol. The van der Waals surface area contributed by atoms with E-state index in [1.165, 1.54) is 11.3 Å². The van der Waals surface area contributed by atoms with E-state index in [0.717, 1.165) is 15.6 Å². The van der Waals surface area contributed by atoms with Crippen molar-refractivity contribution in [3.63, 3.8) is 0 Å². The Morgan fingerprint density at radius 3 is 2.73 bits per heavy atom. The number of rotatable bonds is 6. The van der Waals surface area contributed by atoms with Crippen molar-refractivity contribution in [2.24, 2.45) is 5.73 Å². The highest BCUT2D eigenvalue weighted by Gasteiger charge is 2.25. The van der Waals surface area contributed by atoms with E-state index >= 15 is 0 Å². The first-order chi connectivity index (χ1) is 12.3. The van der Waals surface area contributed by atoms with Gasteiger partial charge in [0, 0.05) is 29.4 Å². The maximum Gasteiger partial charge on any atom is 0.149 e. The van der Waals surface area contributed by atoms with E-state index in [4.69, 9.17) is 17.3 Å². The molecule has 0 atom stereocenters. The molecule has 0 bridgehead atoms. The molecule has 0 radical (unpaired) electrons. The molecule has 0 aromatic carbocycles. The number of anilines is 1. The molecule has 0 fully saturated rings. The van der Waals surface area contributed by atoms with Gasteiger partial charge >= 0.3 is 0 Å². The lowest BCUT2D eigenvalue weighted by Crippen LogP contribution is -2.30. The standard InChI is InChI=1S/C18H19ClN6S/c1-11(20)9-12-10-22-17(26-12)14-6-7-15(25-24-14)23-18(2,3)16-13(19)5-4-8-21-16/h4-8,10H,1,9,20H2,2-3H3,(H,23,25). The number of nitrogens with zero attached hydrogens (tertiary/aromatic N) is 4. The van der Waals surface area contributed by atoms with Crippen LogP contribution >= 0.6 is 22.9 Å². The van der Waals surface area contributed by atoms with Crippen molar-refractivity contribution in [3.8, 4) is 10.7 Å². The van der Waals surface area contributed by atoms with Crippen molar-refractivity contribution in [1.29, 1.82) is 0 Å². The van der Waals surface area contributed by atoms with E-state index in [1.54, 1.807) is 18.5 Å². The van der Waals surface area contributed by atoms with Gasteiger partial charge in [0.05, 0.1) is 16.3 Å². The van der Waals surface area contributed by atoms with Crippen LogP contribution in [-0.2, 0) is 12.0 Å². The van der Waals surface area contributed by atoms with Crippen molar-refractivity contribution >= 4 is 28.8 Å². The smallest absolute Gasteiger partial charge is 0.149 e. The third kappa shape index (κ3) is 4.17. The molecule has 0 aliphatic rings. The van der Waals surface area contributed by atoms with Crippen LogP contribution in [0.5, 0.6) is 0 Å². The van der Waals surface area contributed by atoms with Gasteiger partial charge in [-0.3, -0.25) is 4.98 Å². The molecule has 0 aliphatic heterocycles. The molecule has 0 saturated heterocycles. The third-order valence-corrected chi connectivity index (χ3v) is 4.95. The summed E-state index contributed by atoms with van der Waals surface area (Å²) in [5.41, 5.74) is 7.22. The average Bonchev–Trinajstić information content (AvgIpc) is 3.03. The van der Waals surface area contributed by atoms with E-state index in [1.807, 2.05) is 32.0 Å². The molecular weight excluding hydrogens is 368 g/mol. The van der Waals surface area contributed by atoms with Crippen LogP contribution in [0.25, 0.3) is 10.7 Å². The summed E-state index contributed by atoms with van der Waals surface area (Å²) in [6, 6.07) is 7.37. The minimum Gasteiger partial charge on any atom is -0.402 e. The molecule has 6 nitrogen and oxygen atoms in total. The highest BCUT2D eigenvalue weighted by Crippen LogP contribution is 2.29. The summed E-state index contributed by atoms with van der Waals surface area (Å²) < 4.78 is 0. The Hall–Kier alpha value is -2.51. The van der Waals surface area contributed by atoms with E-state index < -0.39 is 5.54 Å². The fraction of sp³-hybridized carbons (Fsp3) is 0.222. The summed E-state index contributed by atoms with van der Waals surface area (Å²) in [6.07, 6.45) is 4.12. The van der Waals surface area contributed by atoms with Crippen molar-refractivity contribution in [1.82, 2.24) is 20.2 Å². The van der Waals surface area contributed by atoms with Crippen molar-refractivity contribution in [3.05, 3.63) is 64.5 Å². The van der Waals surface area contributed by atoms with E-state index in [2.05, 4.69) is 32.1 Å². The van der Waals surface area contributed by atoms with Gasteiger partial charge in [-0.05, 0) is 38.1 Å². The van der Waals surface area contributed by atoms with E-state index in [-0.39, 0.29) is 0 Å². The minimum atomic E-state index is -0.496. The number of nitrogens with one attached hydrogen (secondary N) is 1. The Balaban J connectivity index is 1.76. The molecular formula is C18H19ClN6S. The fourth-order valence-corrected chi connectivity index (χ4v) is 3.76. The van der Waals surface area contributed by atoms with Gasteiger partial charge in [0.15, 0.2) is 0 Å². The Labute approximate surface area is 161 Å². The zero-order chi connectivity index (χ0) is 18.7. The highest BCUT2D eigenvalue weighted by atomic mass is 35.5. The number of hydrogen-bond acceptors (Lipinski definition) is 7. The second kappa shape index (κ2) is 7.39. The molecule has 8 heteroatoms. The van der Waals surface area contributed by atoms with Crippen LogP contribution in [0.4, 0.5) is 5.82 Å². The predicted octanol–water partition coefficient (Wildman–Crippen LogP) is 4.01. The second-order valence-corrected chi connectivity index (χ2v) is 7.88. The summed E-state index contributed by atoms with van der Waals surface area (Å²) >= 11 is 7.79. The summed E-state index contributed by atoms with van der Waals surface area (Å²) in [4.78, 5) is 9.79. The average molecular weight is 387 g/mol. The maximum atomic E-state index is 6.26. The number of allylic oxidation sites excluding steroid dienone is 1. The van der Waals surface area contributed by atoms with Gasteiger partial charge in [0.1, 0.15) is 16.5 Å². The number of nitrogens with two attached hydrogens (primary N) is 1. The summed E-state index contributed by atoms with van der Waals surface area (Å²) in [5, 5.41) is 13.2. The van der Waals surface area contributed by atoms with Crippen molar-refractivity contribution in [2.75, 3.05) is 5.32 Å². The Morgan fingerprint density at radius 1 is 1.27 bits per heavy atom. The largest absolute Gasteiger partial charge is 0.402 e. The SMILES string of the molecule is C=C(N)Cc1cnc(-c2ccc(NC(C)(C)c3ncccc3Cl)nn2)s1. The molecule has 0 aliphatic carbocycles. The van der Waals surface area contributed by atoms with Gasteiger partial charge < -0.3 is 11.1 Å². The molecule has 0 spiro atoms. The molecule has 0 unspecified atom stereocenters. The van der Waals surface area contributed by atoms with Gasteiger partial charge in [0.25, 0.3) is 0 Å². The molecule has 3 aromatic heterocycles. The van der Waals surface area contributed by atoms with Gasteiger partial charge in [-0.2, -0.15) is 0 Å². The molecule has 3 aromatic rings. The Bertz CT molecular complexity index is 919.